The van der Waals surface area contributed by atoms with Crippen molar-refractivity contribution in [3.8, 4) is 0 Å². The highest BCUT2D eigenvalue weighted by Gasteiger charge is 2.12. The topological polar surface area (TPSA) is 162 Å². The molecule has 0 atom stereocenters. The van der Waals surface area contributed by atoms with Crippen LogP contribution in [-0.4, -0.2) is 42.3 Å². The monoisotopic (exact) mass is 376 g/mol. The third-order valence-electron chi connectivity index (χ3n) is 3.41. The molecule has 0 saturated heterocycles. The van der Waals surface area contributed by atoms with Crippen LogP contribution in [0.4, 0.5) is 11.4 Å². The number of rotatable bonds is 4. The molecule has 0 amide bonds. The number of methoxy groups -OCH3 is 2. The minimum atomic E-state index is -1.09. The van der Waals surface area contributed by atoms with Gasteiger partial charge in [0.05, 0.1) is 37.5 Å². The molecule has 0 heterocycles. The molecule has 0 fully saturated rings. The summed E-state index contributed by atoms with van der Waals surface area (Å²) in [7, 11) is 2.52. The van der Waals surface area contributed by atoms with Crippen molar-refractivity contribution in [3.05, 3.63) is 58.7 Å². The number of carbonyl (C=O) groups is 3. The maximum atomic E-state index is 11.1. The zero-order valence-corrected chi connectivity index (χ0v) is 14.8. The van der Waals surface area contributed by atoms with Gasteiger partial charge in [-0.3, -0.25) is 0 Å². The molecule has 0 aliphatic rings. The van der Waals surface area contributed by atoms with E-state index in [9.17, 15) is 14.4 Å². The van der Waals surface area contributed by atoms with Crippen LogP contribution in [0.25, 0.3) is 0 Å². The van der Waals surface area contributed by atoms with Gasteiger partial charge in [0, 0.05) is 11.4 Å². The van der Waals surface area contributed by atoms with Gasteiger partial charge in [-0.1, -0.05) is 6.07 Å². The lowest BCUT2D eigenvalue weighted by Gasteiger charge is -2.04. The van der Waals surface area contributed by atoms with Crippen molar-refractivity contribution in [2.45, 2.75) is 6.61 Å². The number of nitrogens with two attached hydrogens (primary N) is 2. The van der Waals surface area contributed by atoms with Crippen LogP contribution in [0.1, 0.15) is 36.6 Å². The summed E-state index contributed by atoms with van der Waals surface area (Å²) >= 11 is 0. The number of esters is 2. The first-order valence-corrected chi connectivity index (χ1v) is 7.53. The number of anilines is 2. The fourth-order valence-corrected chi connectivity index (χ4v) is 2.00. The summed E-state index contributed by atoms with van der Waals surface area (Å²) < 4.78 is 8.96. The highest BCUT2D eigenvalue weighted by molar-refractivity contribution is 5.98. The van der Waals surface area contributed by atoms with Gasteiger partial charge < -0.3 is 31.2 Å². The van der Waals surface area contributed by atoms with E-state index in [1.165, 1.54) is 38.5 Å². The Hall–Kier alpha value is -3.59. The Morgan fingerprint density at radius 2 is 1.37 bits per heavy atom. The van der Waals surface area contributed by atoms with E-state index in [4.69, 9.17) is 21.7 Å². The van der Waals surface area contributed by atoms with E-state index in [1.807, 2.05) is 0 Å². The van der Waals surface area contributed by atoms with Crippen LogP contribution in [0.2, 0.25) is 0 Å². The number of ether oxygens (including phenoxy) is 2. The smallest absolute Gasteiger partial charge is 0.339 e. The lowest BCUT2D eigenvalue weighted by molar-refractivity contribution is 0.0593. The summed E-state index contributed by atoms with van der Waals surface area (Å²) in [6.07, 6.45) is 0. The van der Waals surface area contributed by atoms with Gasteiger partial charge in [-0.15, -0.1) is 0 Å². The number of hydrogen-bond donors (Lipinski definition) is 4. The average molecular weight is 376 g/mol. The summed E-state index contributed by atoms with van der Waals surface area (Å²) in [5.41, 5.74) is 12.6. The average Bonchev–Trinajstić information content (AvgIpc) is 2.66. The Morgan fingerprint density at radius 1 is 0.889 bits per heavy atom. The second-order valence-corrected chi connectivity index (χ2v) is 5.17. The number of hydrogen-bond acceptors (Lipinski definition) is 8. The van der Waals surface area contributed by atoms with Crippen molar-refractivity contribution in [3.63, 3.8) is 0 Å². The molecule has 0 saturated carbocycles. The second-order valence-electron chi connectivity index (χ2n) is 5.17. The molecule has 0 unspecified atom stereocenters. The first-order valence-electron chi connectivity index (χ1n) is 7.53. The van der Waals surface area contributed by atoms with E-state index >= 15 is 0 Å². The van der Waals surface area contributed by atoms with E-state index in [-0.39, 0.29) is 23.4 Å². The van der Waals surface area contributed by atoms with Gasteiger partial charge in [0.2, 0.25) is 0 Å². The van der Waals surface area contributed by atoms with Crippen molar-refractivity contribution < 1.29 is 34.1 Å². The molecule has 2 rings (SSSR count). The Morgan fingerprint density at radius 3 is 1.74 bits per heavy atom. The molecule has 0 radical (unpaired) electrons. The normalized spacial score (nSPS) is 9.59. The number of carboxylic acids is 1. The number of aliphatic hydroxyl groups excluding tert-OH is 1. The molecule has 144 valence electrons. The van der Waals surface area contributed by atoms with Crippen LogP contribution >= 0.6 is 0 Å². The van der Waals surface area contributed by atoms with Gasteiger partial charge in [-0.25, -0.2) is 14.4 Å². The van der Waals surface area contributed by atoms with Crippen LogP contribution in [0.5, 0.6) is 0 Å². The van der Waals surface area contributed by atoms with Crippen LogP contribution < -0.4 is 11.5 Å². The van der Waals surface area contributed by atoms with Gasteiger partial charge in [-0.2, -0.15) is 0 Å². The maximum absolute atomic E-state index is 11.1. The van der Waals surface area contributed by atoms with Crippen molar-refractivity contribution in [1.29, 1.82) is 0 Å². The molecule has 2 aromatic rings. The number of nitrogen functional groups attached to an aromatic ring is 2. The lowest BCUT2D eigenvalue weighted by atomic mass is 10.1. The summed E-state index contributed by atoms with van der Waals surface area (Å²) in [5.74, 6) is -2.14. The molecule has 6 N–H and O–H groups in total. The molecule has 2 aromatic carbocycles. The Kier molecular flexibility index (Phi) is 7.77. The van der Waals surface area contributed by atoms with Gasteiger partial charge >= 0.3 is 17.9 Å². The molecule has 0 aromatic heterocycles. The van der Waals surface area contributed by atoms with Crippen molar-refractivity contribution in [2.75, 3.05) is 25.7 Å². The summed E-state index contributed by atoms with van der Waals surface area (Å²) in [6, 6.07) is 8.55. The van der Waals surface area contributed by atoms with Crippen molar-refractivity contribution in [1.82, 2.24) is 0 Å². The summed E-state index contributed by atoms with van der Waals surface area (Å²) in [5, 5.41) is 17.4. The third kappa shape index (κ3) is 5.72. The molecule has 9 heteroatoms. The quantitative estimate of drug-likeness (QED) is 0.455. The minimum Gasteiger partial charge on any atom is -0.478 e. The summed E-state index contributed by atoms with van der Waals surface area (Å²) in [6.45, 7) is -0.0916. The zero-order valence-electron chi connectivity index (χ0n) is 14.8. The molecule has 0 spiro atoms. The standard InChI is InChI=1S/C9H9NO4.C9H11NO3/c1-14-9(13)6-3-2-5(8(11)12)4-7(6)10;1-13-9(12)7-3-2-6(5-11)4-8(7)10/h2-4H,10H2,1H3,(H,11,12);2-4,11H,5,10H2,1H3. The number of aliphatic hydroxyl groups is 1. The van der Waals surface area contributed by atoms with Crippen LogP contribution in [-0.2, 0) is 16.1 Å². The highest BCUT2D eigenvalue weighted by Crippen LogP contribution is 2.16. The Balaban J connectivity index is 0.000000271. The lowest BCUT2D eigenvalue weighted by Crippen LogP contribution is -2.07. The SMILES string of the molecule is COC(=O)c1ccc(C(=O)O)cc1N.COC(=O)c1ccc(CO)cc1N. The molecular weight excluding hydrogens is 356 g/mol. The fraction of sp³-hybridized carbons (Fsp3) is 0.167. The first-order chi connectivity index (χ1) is 12.7. The van der Waals surface area contributed by atoms with Crippen molar-refractivity contribution >= 4 is 29.3 Å². The second kappa shape index (κ2) is 9.78. The Bertz CT molecular complexity index is 850. The predicted octanol–water partition coefficient (Wildman–Crippen LogP) is 1.30. The molecule has 27 heavy (non-hydrogen) atoms. The van der Waals surface area contributed by atoms with E-state index in [2.05, 4.69) is 9.47 Å². The summed E-state index contributed by atoms with van der Waals surface area (Å²) in [4.78, 5) is 32.7. The first kappa shape index (κ1) is 21.5. The zero-order chi connectivity index (χ0) is 20.6. The van der Waals surface area contributed by atoms with Crippen LogP contribution in [0, 0.1) is 0 Å². The highest BCUT2D eigenvalue weighted by atomic mass is 16.5. The predicted molar refractivity (Wildman–Crippen MR) is 97.3 cm³/mol. The van der Waals surface area contributed by atoms with Gasteiger partial charge in [0.1, 0.15) is 0 Å². The third-order valence-corrected chi connectivity index (χ3v) is 3.41. The largest absolute Gasteiger partial charge is 0.478 e. The van der Waals surface area contributed by atoms with Crippen LogP contribution in [0.3, 0.4) is 0 Å². The fourth-order valence-electron chi connectivity index (χ4n) is 2.00. The molecule has 9 nitrogen and oxygen atoms in total. The minimum absolute atomic E-state index is 0.0372. The van der Waals surface area contributed by atoms with Crippen molar-refractivity contribution in [2.24, 2.45) is 0 Å². The molecule has 0 aliphatic heterocycles. The van der Waals surface area contributed by atoms with Crippen LogP contribution in [0.15, 0.2) is 36.4 Å². The van der Waals surface area contributed by atoms with Gasteiger partial charge in [0.15, 0.2) is 0 Å². The number of carbonyl (C=O) groups excluding carboxylic acids is 2. The van der Waals surface area contributed by atoms with E-state index in [0.29, 0.717) is 16.8 Å². The number of aromatic carboxylic acids is 1. The molecule has 0 bridgehead atoms. The van der Waals surface area contributed by atoms with E-state index in [0.717, 1.165) is 0 Å². The Labute approximate surface area is 155 Å². The van der Waals surface area contributed by atoms with Gasteiger partial charge in [-0.05, 0) is 35.9 Å². The number of carboxylic acid groups (broad SMARTS) is 1. The number of benzene rings is 2. The van der Waals surface area contributed by atoms with E-state index in [1.54, 1.807) is 12.1 Å². The van der Waals surface area contributed by atoms with Gasteiger partial charge in [0.25, 0.3) is 0 Å². The van der Waals surface area contributed by atoms with E-state index < -0.39 is 17.9 Å². The molecular formula is C18H20N2O7. The maximum Gasteiger partial charge on any atom is 0.339 e. The molecule has 0 aliphatic carbocycles.